The fourth-order valence-electron chi connectivity index (χ4n) is 2.13. The van der Waals surface area contributed by atoms with E-state index < -0.39 is 0 Å². The number of hydrogen-bond donors (Lipinski definition) is 1. The van der Waals surface area contributed by atoms with Crippen molar-refractivity contribution in [1.29, 1.82) is 0 Å². The van der Waals surface area contributed by atoms with E-state index in [1.165, 1.54) is 0 Å². The second kappa shape index (κ2) is 7.48. The molecule has 0 spiro atoms. The molecule has 3 rings (SSSR count). The van der Waals surface area contributed by atoms with E-state index in [1.54, 1.807) is 24.4 Å². The Hall–Kier alpha value is -2.05. The first-order valence-corrected chi connectivity index (χ1v) is 7.96. The van der Waals surface area contributed by atoms with Gasteiger partial charge in [-0.15, -0.1) is 0 Å². The van der Waals surface area contributed by atoms with Crippen LogP contribution in [0.5, 0.6) is 0 Å². The average molecular weight is 352 g/mol. The Morgan fingerprint density at radius 1 is 1.13 bits per heavy atom. The molecule has 23 heavy (non-hydrogen) atoms. The number of aromatic nitrogens is 4. The molecule has 1 N–H and O–H groups in total. The highest BCUT2D eigenvalue weighted by molar-refractivity contribution is 6.35. The van der Waals surface area contributed by atoms with Crippen LogP contribution in [0.3, 0.4) is 0 Å². The van der Waals surface area contributed by atoms with Crippen molar-refractivity contribution < 1.29 is 4.52 Å². The number of nitrogens with one attached hydrogen (secondary N) is 1. The zero-order valence-corrected chi connectivity index (χ0v) is 13.8. The topological polar surface area (TPSA) is 68.8 Å². The fourth-order valence-corrected chi connectivity index (χ4v) is 2.66. The van der Waals surface area contributed by atoms with E-state index in [-0.39, 0.29) is 0 Å². The predicted octanol–water partition coefficient (Wildman–Crippen LogP) is 4.13. The molecule has 8 heteroatoms. The van der Waals surface area contributed by atoms with Crippen molar-refractivity contribution in [1.82, 2.24) is 19.7 Å². The Morgan fingerprint density at radius 2 is 1.96 bits per heavy atom. The second-order valence-corrected chi connectivity index (χ2v) is 5.89. The van der Waals surface area contributed by atoms with Crippen molar-refractivity contribution in [3.8, 4) is 11.4 Å². The lowest BCUT2D eigenvalue weighted by atomic mass is 10.2. The van der Waals surface area contributed by atoms with Crippen LogP contribution < -0.4 is 5.32 Å². The van der Waals surface area contributed by atoms with E-state index in [2.05, 4.69) is 20.4 Å². The summed E-state index contributed by atoms with van der Waals surface area (Å²) in [5.41, 5.74) is 0.722. The van der Waals surface area contributed by atoms with Gasteiger partial charge in [-0.05, 0) is 31.0 Å². The molecule has 120 valence electrons. The maximum Gasteiger partial charge on any atom is 0.321 e. The first kappa shape index (κ1) is 15.8. The molecular weight excluding hydrogens is 337 g/mol. The Bertz CT molecular complexity index is 737. The van der Waals surface area contributed by atoms with Crippen molar-refractivity contribution in [3.63, 3.8) is 0 Å². The number of benzene rings is 1. The highest BCUT2D eigenvalue weighted by atomic mass is 35.5. The smallest absolute Gasteiger partial charge is 0.321 e. The lowest BCUT2D eigenvalue weighted by molar-refractivity contribution is 0.431. The van der Waals surface area contributed by atoms with Crippen LogP contribution in [0.1, 0.15) is 12.8 Å². The molecule has 2 aromatic heterocycles. The quantitative estimate of drug-likeness (QED) is 0.648. The Labute approximate surface area is 143 Å². The maximum atomic E-state index is 5.97. The summed E-state index contributed by atoms with van der Waals surface area (Å²) < 4.78 is 7.23. The maximum absolute atomic E-state index is 5.97. The first-order chi connectivity index (χ1) is 11.2. The molecule has 1 aromatic carbocycles. The van der Waals surface area contributed by atoms with Crippen LogP contribution in [0.15, 0.2) is 41.4 Å². The van der Waals surface area contributed by atoms with Gasteiger partial charge in [-0.2, -0.15) is 4.98 Å². The summed E-state index contributed by atoms with van der Waals surface area (Å²) in [4.78, 5) is 8.30. The molecule has 0 aliphatic rings. The standard InChI is InChI=1S/C15H15Cl2N5O/c16-12-7-11(8-13(17)9-12)14-20-15(23-21-14)19-3-1-2-5-22-6-4-18-10-22/h4,6-10H,1-3,5H2,(H,19,20,21). The zero-order valence-electron chi connectivity index (χ0n) is 12.2. The number of nitrogens with zero attached hydrogens (tertiary/aromatic N) is 4. The van der Waals surface area contributed by atoms with Crippen LogP contribution >= 0.6 is 23.2 Å². The van der Waals surface area contributed by atoms with Crippen LogP contribution in [-0.4, -0.2) is 26.2 Å². The molecule has 0 aliphatic heterocycles. The van der Waals surface area contributed by atoms with E-state index in [9.17, 15) is 0 Å². The van der Waals surface area contributed by atoms with E-state index in [1.807, 2.05) is 17.1 Å². The third-order valence-electron chi connectivity index (χ3n) is 3.23. The van der Waals surface area contributed by atoms with Gasteiger partial charge in [0.05, 0.1) is 6.33 Å². The number of unbranched alkanes of at least 4 members (excludes halogenated alkanes) is 1. The molecule has 0 aliphatic carbocycles. The third kappa shape index (κ3) is 4.46. The molecule has 2 heterocycles. The van der Waals surface area contributed by atoms with Gasteiger partial charge in [0, 0.05) is 41.1 Å². The fraction of sp³-hybridized carbons (Fsp3) is 0.267. The Balaban J connectivity index is 1.49. The second-order valence-electron chi connectivity index (χ2n) is 5.02. The zero-order chi connectivity index (χ0) is 16.1. The first-order valence-electron chi connectivity index (χ1n) is 7.20. The van der Waals surface area contributed by atoms with Crippen LogP contribution in [0.2, 0.25) is 10.0 Å². The normalized spacial score (nSPS) is 10.9. The van der Waals surface area contributed by atoms with Crippen molar-refractivity contribution in [3.05, 3.63) is 47.0 Å². The van der Waals surface area contributed by atoms with Crippen molar-refractivity contribution in [2.24, 2.45) is 0 Å². The molecular formula is C15H15Cl2N5O. The Kier molecular flexibility index (Phi) is 5.15. The summed E-state index contributed by atoms with van der Waals surface area (Å²) in [5, 5.41) is 8.11. The summed E-state index contributed by atoms with van der Waals surface area (Å²) in [6, 6.07) is 5.53. The van der Waals surface area contributed by atoms with Gasteiger partial charge in [-0.25, -0.2) is 4.98 Å². The van der Waals surface area contributed by atoms with Crippen LogP contribution in [-0.2, 0) is 6.54 Å². The van der Waals surface area contributed by atoms with E-state index in [0.717, 1.165) is 31.5 Å². The monoisotopic (exact) mass is 351 g/mol. The minimum Gasteiger partial charge on any atom is -0.338 e. The van der Waals surface area contributed by atoms with Crippen LogP contribution in [0.4, 0.5) is 6.01 Å². The molecule has 0 atom stereocenters. The minimum absolute atomic E-state index is 0.388. The molecule has 6 nitrogen and oxygen atoms in total. The Morgan fingerprint density at radius 3 is 2.70 bits per heavy atom. The number of halogens is 2. The number of anilines is 1. The third-order valence-corrected chi connectivity index (χ3v) is 3.66. The average Bonchev–Trinajstić information content (AvgIpc) is 3.17. The summed E-state index contributed by atoms with van der Waals surface area (Å²) in [7, 11) is 0. The highest BCUT2D eigenvalue weighted by Crippen LogP contribution is 2.25. The van der Waals surface area contributed by atoms with Crippen molar-refractivity contribution >= 4 is 29.2 Å². The number of imidazole rings is 1. The van der Waals surface area contributed by atoms with Gasteiger partial charge in [-0.1, -0.05) is 28.4 Å². The number of rotatable bonds is 7. The molecule has 3 aromatic rings. The van der Waals surface area contributed by atoms with Gasteiger partial charge in [0.25, 0.3) is 0 Å². The molecule has 0 amide bonds. The summed E-state index contributed by atoms with van der Waals surface area (Å²) in [6.45, 7) is 1.70. The molecule has 0 bridgehead atoms. The molecule has 0 fully saturated rings. The minimum atomic E-state index is 0.388. The van der Waals surface area contributed by atoms with Gasteiger partial charge >= 0.3 is 6.01 Å². The van der Waals surface area contributed by atoms with Gasteiger partial charge in [-0.3, -0.25) is 0 Å². The van der Waals surface area contributed by atoms with Crippen molar-refractivity contribution in [2.45, 2.75) is 19.4 Å². The van der Waals surface area contributed by atoms with Gasteiger partial charge in [0.1, 0.15) is 0 Å². The van der Waals surface area contributed by atoms with E-state index >= 15 is 0 Å². The van der Waals surface area contributed by atoms with E-state index in [4.69, 9.17) is 27.7 Å². The lowest BCUT2D eigenvalue weighted by Gasteiger charge is -2.02. The molecule has 0 saturated heterocycles. The van der Waals surface area contributed by atoms with Crippen LogP contribution in [0, 0.1) is 0 Å². The number of hydrogen-bond acceptors (Lipinski definition) is 5. The van der Waals surface area contributed by atoms with Gasteiger partial charge in [0.2, 0.25) is 5.82 Å². The summed E-state index contributed by atoms with van der Waals surface area (Å²) >= 11 is 11.9. The van der Waals surface area contributed by atoms with Gasteiger partial charge in [0.15, 0.2) is 0 Å². The lowest BCUT2D eigenvalue weighted by Crippen LogP contribution is -2.03. The van der Waals surface area contributed by atoms with Gasteiger partial charge < -0.3 is 14.4 Å². The molecule has 0 unspecified atom stereocenters. The predicted molar refractivity (Wildman–Crippen MR) is 89.7 cm³/mol. The summed E-state index contributed by atoms with van der Waals surface area (Å²) in [5.74, 6) is 0.454. The molecule has 0 saturated carbocycles. The number of aryl methyl sites for hydroxylation is 1. The van der Waals surface area contributed by atoms with E-state index in [0.29, 0.717) is 21.9 Å². The van der Waals surface area contributed by atoms with Crippen LogP contribution in [0.25, 0.3) is 11.4 Å². The summed E-state index contributed by atoms with van der Waals surface area (Å²) in [6.07, 6.45) is 7.56. The highest BCUT2D eigenvalue weighted by Gasteiger charge is 2.09. The molecule has 0 radical (unpaired) electrons. The SMILES string of the molecule is Clc1cc(Cl)cc(-c2noc(NCCCCn3ccnc3)n2)c1. The largest absolute Gasteiger partial charge is 0.338 e. The van der Waals surface area contributed by atoms with Crippen molar-refractivity contribution in [2.75, 3.05) is 11.9 Å².